The van der Waals surface area contributed by atoms with Gasteiger partial charge in [0.2, 0.25) is 11.6 Å². The van der Waals surface area contributed by atoms with E-state index in [2.05, 4.69) is 20.9 Å². The highest BCUT2D eigenvalue weighted by molar-refractivity contribution is 6.00. The number of halogens is 1. The predicted molar refractivity (Wildman–Crippen MR) is 76.6 cm³/mol. The van der Waals surface area contributed by atoms with Gasteiger partial charge in [-0.1, -0.05) is 12.1 Å². The molecule has 1 aliphatic carbocycles. The van der Waals surface area contributed by atoms with Gasteiger partial charge >= 0.3 is 0 Å². The maximum absolute atomic E-state index is 13.2. The lowest BCUT2D eigenvalue weighted by molar-refractivity contribution is -0.116. The maximum Gasteiger partial charge on any atom is 0.219 e. The molecule has 112 valence electrons. The van der Waals surface area contributed by atoms with Crippen LogP contribution in [0, 0.1) is 5.82 Å². The number of ketones is 1. The van der Waals surface area contributed by atoms with Crippen LogP contribution in [0.4, 0.5) is 16.0 Å². The van der Waals surface area contributed by atoms with Gasteiger partial charge in [-0.15, -0.1) is 0 Å². The van der Waals surface area contributed by atoms with E-state index < -0.39 is 6.04 Å². The van der Waals surface area contributed by atoms with Crippen molar-refractivity contribution < 1.29 is 13.8 Å². The zero-order valence-corrected chi connectivity index (χ0v) is 11.6. The van der Waals surface area contributed by atoms with Crippen molar-refractivity contribution in [3.05, 3.63) is 46.9 Å². The number of nitrogens with one attached hydrogen (secondary N) is 2. The van der Waals surface area contributed by atoms with Crippen LogP contribution in [0.1, 0.15) is 30.9 Å². The zero-order chi connectivity index (χ0) is 15.1. The molecular weight excluding hydrogens is 287 g/mol. The number of carbonyl (C=O) groups excluding carboxylic acids is 1. The number of fused-ring (bicyclic) bond motifs is 1. The molecule has 2 aromatic rings. The van der Waals surface area contributed by atoms with Crippen LogP contribution >= 0.6 is 0 Å². The lowest BCUT2D eigenvalue weighted by Crippen LogP contribution is -2.23. The molecule has 0 saturated carbocycles. The molecule has 7 heteroatoms. The summed E-state index contributed by atoms with van der Waals surface area (Å²) in [4.78, 5) is 12.4. The van der Waals surface area contributed by atoms with Gasteiger partial charge in [-0.05, 0) is 40.9 Å². The molecule has 4 rings (SSSR count). The molecule has 1 atom stereocenters. The topological polar surface area (TPSA) is 80.1 Å². The van der Waals surface area contributed by atoms with Crippen molar-refractivity contribution in [2.75, 3.05) is 10.6 Å². The average Bonchev–Trinajstić information content (AvgIpc) is 2.87. The minimum Gasteiger partial charge on any atom is -0.353 e. The van der Waals surface area contributed by atoms with Crippen LogP contribution in [-0.2, 0) is 4.79 Å². The summed E-state index contributed by atoms with van der Waals surface area (Å²) in [6.45, 7) is 0. The maximum atomic E-state index is 13.2. The molecule has 1 aromatic carbocycles. The number of aromatic nitrogens is 2. The largest absolute Gasteiger partial charge is 0.353 e. The smallest absolute Gasteiger partial charge is 0.219 e. The summed E-state index contributed by atoms with van der Waals surface area (Å²) >= 11 is 0. The quantitative estimate of drug-likeness (QED) is 0.843. The number of carbonyl (C=O) groups is 1. The first-order chi connectivity index (χ1) is 10.7. The Balaban J connectivity index is 1.85. The monoisotopic (exact) mass is 300 g/mol. The van der Waals surface area contributed by atoms with Gasteiger partial charge in [0.25, 0.3) is 0 Å². The second-order valence-electron chi connectivity index (χ2n) is 5.38. The first kappa shape index (κ1) is 13.0. The Morgan fingerprint density at radius 2 is 1.91 bits per heavy atom. The molecule has 0 radical (unpaired) electrons. The van der Waals surface area contributed by atoms with E-state index in [1.165, 1.54) is 12.1 Å². The highest BCUT2D eigenvalue weighted by Crippen LogP contribution is 2.39. The molecule has 22 heavy (non-hydrogen) atoms. The SMILES string of the molecule is O=C1CCCC2=C1[C@@H](c1ccc(F)cc1)Nc1nonc1N2. The second-order valence-corrected chi connectivity index (χ2v) is 5.38. The lowest BCUT2D eigenvalue weighted by atomic mass is 9.87. The molecule has 0 fully saturated rings. The highest BCUT2D eigenvalue weighted by atomic mass is 19.1. The number of benzene rings is 1. The number of allylic oxidation sites excluding steroid dienone is 1. The number of rotatable bonds is 1. The lowest BCUT2D eigenvalue weighted by Gasteiger charge is -2.24. The fourth-order valence-electron chi connectivity index (χ4n) is 2.95. The normalized spacial score (nSPS) is 20.6. The van der Waals surface area contributed by atoms with Gasteiger partial charge in [-0.2, -0.15) is 0 Å². The third-order valence-electron chi connectivity index (χ3n) is 3.99. The number of hydrogen-bond acceptors (Lipinski definition) is 6. The van der Waals surface area contributed by atoms with Crippen molar-refractivity contribution >= 4 is 17.4 Å². The summed E-state index contributed by atoms with van der Waals surface area (Å²) in [6.07, 6.45) is 2.06. The Labute approximate surface area is 125 Å². The Kier molecular flexibility index (Phi) is 2.92. The van der Waals surface area contributed by atoms with E-state index in [9.17, 15) is 9.18 Å². The van der Waals surface area contributed by atoms with Gasteiger partial charge in [0.1, 0.15) is 5.82 Å². The Morgan fingerprint density at radius 3 is 2.73 bits per heavy atom. The summed E-state index contributed by atoms with van der Waals surface area (Å²) < 4.78 is 17.9. The van der Waals surface area contributed by atoms with Crippen molar-refractivity contribution in [2.24, 2.45) is 0 Å². The molecule has 0 bridgehead atoms. The number of Topliss-reactive ketones (excluding diaryl/α,β-unsaturated/α-hetero) is 1. The summed E-state index contributed by atoms with van der Waals surface area (Å²) in [5.74, 6) is 0.671. The van der Waals surface area contributed by atoms with Crippen LogP contribution in [0.5, 0.6) is 0 Å². The summed E-state index contributed by atoms with van der Waals surface area (Å²) in [5, 5.41) is 13.9. The van der Waals surface area contributed by atoms with Crippen molar-refractivity contribution in [1.29, 1.82) is 0 Å². The van der Waals surface area contributed by atoms with Crippen LogP contribution in [0.3, 0.4) is 0 Å². The highest BCUT2D eigenvalue weighted by Gasteiger charge is 2.33. The second kappa shape index (κ2) is 4.94. The standard InChI is InChI=1S/C15H13FN4O2/c16-9-6-4-8(5-7-9)13-12-10(2-1-3-11(12)21)17-14-15(18-13)20-22-19-14/h4-7,13H,1-3H2,(H,17,19)(H,18,20)/t13-/m1/s1. The Bertz CT molecular complexity index is 766. The van der Waals surface area contributed by atoms with Crippen LogP contribution in [0.15, 0.2) is 40.2 Å². The molecule has 0 unspecified atom stereocenters. The minimum absolute atomic E-state index is 0.0812. The van der Waals surface area contributed by atoms with Crippen LogP contribution in [-0.4, -0.2) is 16.1 Å². The molecule has 6 nitrogen and oxygen atoms in total. The van der Waals surface area contributed by atoms with E-state index in [-0.39, 0.29) is 11.6 Å². The molecule has 2 heterocycles. The van der Waals surface area contributed by atoms with Crippen LogP contribution in [0.25, 0.3) is 0 Å². The van der Waals surface area contributed by atoms with Crippen molar-refractivity contribution in [3.63, 3.8) is 0 Å². The zero-order valence-electron chi connectivity index (χ0n) is 11.6. The van der Waals surface area contributed by atoms with Gasteiger partial charge < -0.3 is 10.6 Å². The van der Waals surface area contributed by atoms with Crippen molar-refractivity contribution in [2.45, 2.75) is 25.3 Å². The summed E-state index contributed by atoms with van der Waals surface area (Å²) in [5.41, 5.74) is 2.28. The van der Waals surface area contributed by atoms with E-state index in [0.717, 1.165) is 24.1 Å². The average molecular weight is 300 g/mol. The van der Waals surface area contributed by atoms with Crippen LogP contribution < -0.4 is 10.6 Å². The van der Waals surface area contributed by atoms with Gasteiger partial charge in [0.05, 0.1) is 6.04 Å². The molecule has 2 aliphatic rings. The van der Waals surface area contributed by atoms with Gasteiger partial charge in [0.15, 0.2) is 5.78 Å². The molecule has 1 aliphatic heterocycles. The number of hydrogen-bond donors (Lipinski definition) is 2. The Morgan fingerprint density at radius 1 is 1.14 bits per heavy atom. The number of anilines is 2. The summed E-state index contributed by atoms with van der Waals surface area (Å²) in [7, 11) is 0. The molecular formula is C15H13FN4O2. The first-order valence-corrected chi connectivity index (χ1v) is 7.10. The summed E-state index contributed by atoms with van der Waals surface area (Å²) in [6, 6.07) is 5.69. The van der Waals surface area contributed by atoms with Gasteiger partial charge in [-0.3, -0.25) is 4.79 Å². The Hall–Kier alpha value is -2.70. The molecule has 0 amide bonds. The first-order valence-electron chi connectivity index (χ1n) is 7.10. The van der Waals surface area contributed by atoms with E-state index >= 15 is 0 Å². The molecule has 2 N–H and O–H groups in total. The van der Waals surface area contributed by atoms with Crippen LogP contribution in [0.2, 0.25) is 0 Å². The van der Waals surface area contributed by atoms with Crippen molar-refractivity contribution in [1.82, 2.24) is 10.3 Å². The van der Waals surface area contributed by atoms with Gasteiger partial charge in [0, 0.05) is 17.7 Å². The van der Waals surface area contributed by atoms with Gasteiger partial charge in [-0.25, -0.2) is 9.02 Å². The third kappa shape index (κ3) is 2.05. The van der Waals surface area contributed by atoms with E-state index in [4.69, 9.17) is 4.63 Å². The minimum atomic E-state index is -0.399. The number of nitrogens with zero attached hydrogens (tertiary/aromatic N) is 2. The van der Waals surface area contributed by atoms with Crippen molar-refractivity contribution in [3.8, 4) is 0 Å². The van der Waals surface area contributed by atoms with E-state index in [0.29, 0.717) is 23.6 Å². The predicted octanol–water partition coefficient (Wildman–Crippen LogP) is 2.79. The third-order valence-corrected chi connectivity index (χ3v) is 3.99. The van der Waals surface area contributed by atoms with E-state index in [1.54, 1.807) is 12.1 Å². The molecule has 1 aromatic heterocycles. The van der Waals surface area contributed by atoms with E-state index in [1.807, 2.05) is 0 Å². The fraction of sp³-hybridized carbons (Fsp3) is 0.267. The molecule has 0 saturated heterocycles. The fourth-order valence-corrected chi connectivity index (χ4v) is 2.95. The molecule has 0 spiro atoms.